The lowest BCUT2D eigenvalue weighted by Gasteiger charge is -2.13. The lowest BCUT2D eigenvalue weighted by atomic mass is 10.2. The molecule has 1 unspecified atom stereocenters. The van der Waals surface area contributed by atoms with Gasteiger partial charge in [0.1, 0.15) is 9.88 Å². The average molecular weight is 310 g/mol. The van der Waals surface area contributed by atoms with E-state index in [9.17, 15) is 9.59 Å². The predicted molar refractivity (Wildman–Crippen MR) is 78.6 cm³/mol. The number of aromatic nitrogens is 1. The van der Waals surface area contributed by atoms with E-state index in [1.165, 1.54) is 23.5 Å². The van der Waals surface area contributed by atoms with Gasteiger partial charge in [0.15, 0.2) is 0 Å². The van der Waals surface area contributed by atoms with Crippen molar-refractivity contribution in [2.24, 2.45) is 0 Å². The summed E-state index contributed by atoms with van der Waals surface area (Å²) in [5.74, 6) is -1.28. The number of aromatic carboxylic acids is 1. The van der Waals surface area contributed by atoms with Gasteiger partial charge in [-0.15, -0.1) is 22.7 Å². The lowest BCUT2D eigenvalue weighted by Crippen LogP contribution is -2.27. The molecule has 20 heavy (non-hydrogen) atoms. The van der Waals surface area contributed by atoms with E-state index in [1.54, 1.807) is 0 Å². The summed E-state index contributed by atoms with van der Waals surface area (Å²) in [6.45, 7) is 3.88. The second-order valence-electron chi connectivity index (χ2n) is 4.23. The Kier molecular flexibility index (Phi) is 4.51. The van der Waals surface area contributed by atoms with Crippen LogP contribution in [0.2, 0.25) is 0 Å². The van der Waals surface area contributed by atoms with Gasteiger partial charge in [-0.05, 0) is 25.5 Å². The molecule has 106 valence electrons. The number of nitrogens with zero attached hydrogens (tertiary/aromatic N) is 1. The third kappa shape index (κ3) is 3.23. The largest absolute Gasteiger partial charge is 0.477 e. The molecule has 0 bridgehead atoms. The molecule has 0 aliphatic heterocycles. The Labute approximate surface area is 124 Å². The van der Waals surface area contributed by atoms with Crippen LogP contribution in [-0.2, 0) is 0 Å². The fourth-order valence-corrected chi connectivity index (χ4v) is 3.35. The molecule has 0 aliphatic carbocycles. The summed E-state index contributed by atoms with van der Waals surface area (Å²) < 4.78 is 0. The molecule has 1 atom stereocenters. The van der Waals surface area contributed by atoms with Gasteiger partial charge < -0.3 is 10.4 Å². The predicted octanol–water partition coefficient (Wildman–Crippen LogP) is 3.09. The molecule has 0 saturated heterocycles. The molecule has 5 nitrogen and oxygen atoms in total. The first kappa shape index (κ1) is 14.7. The summed E-state index contributed by atoms with van der Waals surface area (Å²) in [7, 11) is 0. The zero-order valence-corrected chi connectivity index (χ0v) is 12.7. The van der Waals surface area contributed by atoms with Crippen LogP contribution < -0.4 is 5.32 Å². The van der Waals surface area contributed by atoms with E-state index in [2.05, 4.69) is 10.3 Å². The van der Waals surface area contributed by atoms with E-state index < -0.39 is 5.97 Å². The Balaban J connectivity index is 2.10. The minimum absolute atomic E-state index is 0.142. The molecule has 1 amide bonds. The van der Waals surface area contributed by atoms with Gasteiger partial charge in [0.25, 0.3) is 5.91 Å². The number of aryl methyl sites for hydroxylation is 1. The number of carbonyl (C=O) groups is 2. The zero-order valence-electron chi connectivity index (χ0n) is 11.0. The van der Waals surface area contributed by atoms with Crippen LogP contribution in [0.15, 0.2) is 17.5 Å². The second kappa shape index (κ2) is 6.15. The number of thiophene rings is 1. The molecule has 0 aromatic carbocycles. The number of nitrogens with one attached hydrogen (secondary N) is 1. The lowest BCUT2D eigenvalue weighted by molar-refractivity contribution is 0.0702. The molecular formula is C13H14N2O3S2. The van der Waals surface area contributed by atoms with E-state index in [0.29, 0.717) is 4.88 Å². The van der Waals surface area contributed by atoms with Crippen molar-refractivity contribution in [3.8, 4) is 0 Å². The normalized spacial score (nSPS) is 12.1. The third-order valence-electron chi connectivity index (χ3n) is 2.69. The van der Waals surface area contributed by atoms with Crippen LogP contribution in [0.5, 0.6) is 0 Å². The highest BCUT2D eigenvalue weighted by Gasteiger charge is 2.19. The van der Waals surface area contributed by atoms with E-state index in [4.69, 9.17) is 5.11 Å². The smallest absolute Gasteiger partial charge is 0.345 e. The van der Waals surface area contributed by atoms with Crippen molar-refractivity contribution < 1.29 is 14.7 Å². The van der Waals surface area contributed by atoms with Crippen LogP contribution in [0.25, 0.3) is 0 Å². The standard InChI is InChI=1S/C13H14N2O3S2/c1-3-8(12-14-7(2)6-19-12)15-11(16)9-4-5-10(20-9)13(17)18/h4-6,8H,3H2,1-2H3,(H,15,16)(H,17,18). The molecule has 2 N–H and O–H groups in total. The van der Waals surface area contributed by atoms with E-state index in [0.717, 1.165) is 28.5 Å². The minimum Gasteiger partial charge on any atom is -0.477 e. The summed E-state index contributed by atoms with van der Waals surface area (Å²) in [6, 6.07) is 2.83. The monoisotopic (exact) mass is 310 g/mol. The summed E-state index contributed by atoms with van der Waals surface area (Å²) in [4.78, 5) is 27.9. The quantitative estimate of drug-likeness (QED) is 0.889. The Morgan fingerprint density at radius 2 is 2.10 bits per heavy atom. The van der Waals surface area contributed by atoms with Crippen LogP contribution >= 0.6 is 22.7 Å². The van der Waals surface area contributed by atoms with Crippen molar-refractivity contribution in [3.05, 3.63) is 38.0 Å². The highest BCUT2D eigenvalue weighted by Crippen LogP contribution is 2.23. The molecular weight excluding hydrogens is 296 g/mol. The summed E-state index contributed by atoms with van der Waals surface area (Å²) in [5, 5.41) is 14.6. The van der Waals surface area contributed by atoms with E-state index in [-0.39, 0.29) is 16.8 Å². The first-order valence-corrected chi connectivity index (χ1v) is 7.77. The number of hydrogen-bond acceptors (Lipinski definition) is 5. The second-order valence-corrected chi connectivity index (χ2v) is 6.20. The fourth-order valence-electron chi connectivity index (χ4n) is 1.67. The van der Waals surface area contributed by atoms with E-state index in [1.807, 2.05) is 19.2 Å². The molecule has 0 spiro atoms. The molecule has 0 aliphatic rings. The van der Waals surface area contributed by atoms with Gasteiger partial charge >= 0.3 is 5.97 Å². The number of carbonyl (C=O) groups excluding carboxylic acids is 1. The number of amides is 1. The van der Waals surface area contributed by atoms with Crippen molar-refractivity contribution >= 4 is 34.6 Å². The van der Waals surface area contributed by atoms with Crippen LogP contribution in [0, 0.1) is 6.92 Å². The summed E-state index contributed by atoms with van der Waals surface area (Å²) in [6.07, 6.45) is 0.732. The van der Waals surface area contributed by atoms with Gasteiger partial charge in [0.2, 0.25) is 0 Å². The Morgan fingerprint density at radius 1 is 1.40 bits per heavy atom. The molecule has 0 fully saturated rings. The zero-order chi connectivity index (χ0) is 14.7. The van der Waals surface area contributed by atoms with E-state index >= 15 is 0 Å². The maximum Gasteiger partial charge on any atom is 0.345 e. The summed E-state index contributed by atoms with van der Waals surface area (Å²) >= 11 is 2.49. The topological polar surface area (TPSA) is 79.3 Å². The highest BCUT2D eigenvalue weighted by molar-refractivity contribution is 7.15. The molecule has 2 aromatic rings. The van der Waals surface area contributed by atoms with Crippen molar-refractivity contribution in [3.63, 3.8) is 0 Å². The minimum atomic E-state index is -1.02. The number of carboxylic acid groups (broad SMARTS) is 1. The fraction of sp³-hybridized carbons (Fsp3) is 0.308. The summed E-state index contributed by atoms with van der Waals surface area (Å²) in [5.41, 5.74) is 0.932. The molecule has 7 heteroatoms. The molecule has 2 aromatic heterocycles. The number of rotatable bonds is 5. The molecule has 2 rings (SSSR count). The maximum absolute atomic E-state index is 12.1. The number of hydrogen-bond donors (Lipinski definition) is 2. The van der Waals surface area contributed by atoms with Crippen LogP contribution in [0.1, 0.15) is 49.4 Å². The SMILES string of the molecule is CCC(NC(=O)c1ccc(C(=O)O)s1)c1nc(C)cs1. The highest BCUT2D eigenvalue weighted by atomic mass is 32.1. The van der Waals surface area contributed by atoms with Crippen molar-refractivity contribution in [2.45, 2.75) is 26.3 Å². The van der Waals surface area contributed by atoms with Crippen LogP contribution in [-0.4, -0.2) is 22.0 Å². The molecule has 0 radical (unpaired) electrons. The van der Waals surface area contributed by atoms with Gasteiger partial charge in [-0.2, -0.15) is 0 Å². The van der Waals surface area contributed by atoms with Crippen molar-refractivity contribution in [1.82, 2.24) is 10.3 Å². The Bertz CT molecular complexity index is 633. The van der Waals surface area contributed by atoms with Crippen molar-refractivity contribution in [2.75, 3.05) is 0 Å². The Hall–Kier alpha value is -1.73. The number of carboxylic acids is 1. The average Bonchev–Trinajstić information content (AvgIpc) is 3.04. The molecule has 0 saturated carbocycles. The van der Waals surface area contributed by atoms with Crippen molar-refractivity contribution in [1.29, 1.82) is 0 Å². The number of thiazole rings is 1. The van der Waals surface area contributed by atoms with Gasteiger partial charge in [-0.1, -0.05) is 6.92 Å². The third-order valence-corrected chi connectivity index (χ3v) is 4.84. The van der Waals surface area contributed by atoms with Gasteiger partial charge in [-0.25, -0.2) is 9.78 Å². The van der Waals surface area contributed by atoms with Crippen LogP contribution in [0.4, 0.5) is 0 Å². The Morgan fingerprint density at radius 3 is 2.60 bits per heavy atom. The van der Waals surface area contributed by atoms with Gasteiger partial charge in [0.05, 0.1) is 10.9 Å². The molecule has 2 heterocycles. The first-order chi connectivity index (χ1) is 9.51. The first-order valence-electron chi connectivity index (χ1n) is 6.07. The van der Waals surface area contributed by atoms with Gasteiger partial charge in [-0.3, -0.25) is 4.79 Å². The van der Waals surface area contributed by atoms with Crippen LogP contribution in [0.3, 0.4) is 0 Å². The maximum atomic E-state index is 12.1. The van der Waals surface area contributed by atoms with Gasteiger partial charge in [0, 0.05) is 11.1 Å².